The summed E-state index contributed by atoms with van der Waals surface area (Å²) in [4.78, 5) is 35.8. The van der Waals surface area contributed by atoms with Gasteiger partial charge in [0.05, 0.1) is 18.0 Å². The van der Waals surface area contributed by atoms with Crippen molar-refractivity contribution in [2.24, 2.45) is 5.92 Å². The third-order valence-corrected chi connectivity index (χ3v) is 3.65. The third kappa shape index (κ3) is 3.18. The van der Waals surface area contributed by atoms with E-state index in [2.05, 4.69) is 4.74 Å². The molecule has 1 amide bonds. The van der Waals surface area contributed by atoms with Gasteiger partial charge >= 0.3 is 5.97 Å². The molecule has 0 N–H and O–H groups in total. The second kappa shape index (κ2) is 6.34. The Kier molecular flexibility index (Phi) is 4.52. The number of carbonyl (C=O) groups excluding carboxylic acids is 2. The Labute approximate surface area is 121 Å². The van der Waals surface area contributed by atoms with Crippen molar-refractivity contribution in [1.29, 1.82) is 0 Å². The Morgan fingerprint density at radius 2 is 1.90 bits per heavy atom. The third-order valence-electron chi connectivity index (χ3n) is 3.65. The van der Waals surface area contributed by atoms with Crippen LogP contribution in [0.3, 0.4) is 0 Å². The molecule has 1 heterocycles. The first-order valence-electron chi connectivity index (χ1n) is 6.65. The normalized spacial score (nSPS) is 15.6. The molecule has 7 nitrogen and oxygen atoms in total. The van der Waals surface area contributed by atoms with Crippen molar-refractivity contribution in [3.63, 3.8) is 0 Å². The molecule has 112 valence electrons. The van der Waals surface area contributed by atoms with Crippen molar-refractivity contribution in [3.8, 4) is 0 Å². The van der Waals surface area contributed by atoms with Gasteiger partial charge in [-0.15, -0.1) is 0 Å². The summed E-state index contributed by atoms with van der Waals surface area (Å²) in [5.74, 6) is -0.844. The number of carbonyl (C=O) groups is 2. The van der Waals surface area contributed by atoms with Crippen molar-refractivity contribution >= 4 is 17.6 Å². The molecule has 0 atom stereocenters. The molecule has 7 heteroatoms. The van der Waals surface area contributed by atoms with Crippen LogP contribution in [0.15, 0.2) is 24.3 Å². The van der Waals surface area contributed by atoms with Crippen LogP contribution in [-0.4, -0.2) is 41.9 Å². The molecule has 1 aliphatic heterocycles. The zero-order valence-corrected chi connectivity index (χ0v) is 11.7. The van der Waals surface area contributed by atoms with E-state index in [9.17, 15) is 19.7 Å². The van der Waals surface area contributed by atoms with Gasteiger partial charge in [-0.25, -0.2) is 0 Å². The number of nitro benzene ring substituents is 1. The summed E-state index contributed by atoms with van der Waals surface area (Å²) in [6.45, 7) is 0.787. The molecule has 0 aromatic heterocycles. The average Bonchev–Trinajstić information content (AvgIpc) is 2.53. The van der Waals surface area contributed by atoms with Gasteiger partial charge in [-0.3, -0.25) is 19.7 Å². The lowest BCUT2D eigenvalue weighted by Gasteiger charge is -2.30. The second-order valence-corrected chi connectivity index (χ2v) is 4.86. The molecule has 0 saturated carbocycles. The molecular formula is C14H16N2O5. The summed E-state index contributed by atoms with van der Waals surface area (Å²) in [5, 5.41) is 11.0. The number of piperidine rings is 1. The van der Waals surface area contributed by atoms with E-state index in [-0.39, 0.29) is 29.0 Å². The summed E-state index contributed by atoms with van der Waals surface area (Å²) in [6.07, 6.45) is 1.03. The zero-order chi connectivity index (χ0) is 15.4. The maximum absolute atomic E-state index is 12.4. The molecule has 0 aliphatic carbocycles. The fourth-order valence-corrected chi connectivity index (χ4v) is 2.47. The van der Waals surface area contributed by atoms with Crippen molar-refractivity contribution in [3.05, 3.63) is 39.9 Å². The van der Waals surface area contributed by atoms with Gasteiger partial charge in [-0.05, 0) is 18.9 Å². The Morgan fingerprint density at radius 3 is 2.48 bits per heavy atom. The maximum atomic E-state index is 12.4. The highest BCUT2D eigenvalue weighted by atomic mass is 16.6. The first-order valence-corrected chi connectivity index (χ1v) is 6.65. The SMILES string of the molecule is COC(=O)C1CCN(C(=O)c2ccccc2[N+](=O)[O-])CC1. The van der Waals surface area contributed by atoms with E-state index in [1.54, 1.807) is 11.0 Å². The van der Waals surface area contributed by atoms with Gasteiger partial charge < -0.3 is 9.64 Å². The Bertz CT molecular complexity index is 564. The first-order chi connectivity index (χ1) is 10.0. The summed E-state index contributed by atoms with van der Waals surface area (Å²) >= 11 is 0. The van der Waals surface area contributed by atoms with E-state index in [1.165, 1.54) is 25.3 Å². The fraction of sp³-hybridized carbons (Fsp3) is 0.429. The topological polar surface area (TPSA) is 89.8 Å². The molecular weight excluding hydrogens is 276 g/mol. The molecule has 21 heavy (non-hydrogen) atoms. The summed E-state index contributed by atoms with van der Waals surface area (Å²) < 4.78 is 4.69. The van der Waals surface area contributed by atoms with E-state index < -0.39 is 4.92 Å². The van der Waals surface area contributed by atoms with Crippen LogP contribution < -0.4 is 0 Å². The van der Waals surface area contributed by atoms with Crippen LogP contribution in [0.2, 0.25) is 0 Å². The molecule has 1 aliphatic rings. The number of hydrogen-bond acceptors (Lipinski definition) is 5. The molecule has 1 saturated heterocycles. The van der Waals surface area contributed by atoms with Gasteiger partial charge in [-0.2, -0.15) is 0 Å². The Morgan fingerprint density at radius 1 is 1.29 bits per heavy atom. The highest BCUT2D eigenvalue weighted by Crippen LogP contribution is 2.24. The average molecular weight is 292 g/mol. The highest BCUT2D eigenvalue weighted by Gasteiger charge is 2.30. The number of esters is 1. The molecule has 0 unspecified atom stereocenters. The predicted octanol–water partition coefficient (Wildman–Crippen LogP) is 1.62. The Hall–Kier alpha value is -2.44. The van der Waals surface area contributed by atoms with Gasteiger partial charge in [0, 0.05) is 19.2 Å². The molecule has 1 fully saturated rings. The van der Waals surface area contributed by atoms with Gasteiger partial charge in [0.1, 0.15) is 5.56 Å². The monoisotopic (exact) mass is 292 g/mol. The van der Waals surface area contributed by atoms with Crippen LogP contribution in [0.25, 0.3) is 0 Å². The van der Waals surface area contributed by atoms with Crippen molar-refractivity contribution in [2.45, 2.75) is 12.8 Å². The first kappa shape index (κ1) is 15.0. The number of nitro groups is 1. The molecule has 1 aromatic rings. The van der Waals surface area contributed by atoms with Gasteiger partial charge in [-0.1, -0.05) is 12.1 Å². The minimum absolute atomic E-state index is 0.0824. The number of hydrogen-bond donors (Lipinski definition) is 0. The largest absolute Gasteiger partial charge is 0.469 e. The van der Waals surface area contributed by atoms with Crippen molar-refractivity contribution in [2.75, 3.05) is 20.2 Å². The number of likely N-dealkylation sites (tertiary alicyclic amines) is 1. The van der Waals surface area contributed by atoms with Gasteiger partial charge in [0.15, 0.2) is 0 Å². The van der Waals surface area contributed by atoms with E-state index in [0.29, 0.717) is 25.9 Å². The smallest absolute Gasteiger partial charge is 0.308 e. The lowest BCUT2D eigenvalue weighted by atomic mass is 9.96. The number of rotatable bonds is 3. The number of amides is 1. The van der Waals surface area contributed by atoms with Crippen LogP contribution in [0.1, 0.15) is 23.2 Å². The predicted molar refractivity (Wildman–Crippen MR) is 73.7 cm³/mol. The number of methoxy groups -OCH3 is 1. The van der Waals surface area contributed by atoms with Crippen LogP contribution in [0, 0.1) is 16.0 Å². The Balaban J connectivity index is 2.09. The van der Waals surface area contributed by atoms with Crippen LogP contribution in [-0.2, 0) is 9.53 Å². The lowest BCUT2D eigenvalue weighted by molar-refractivity contribution is -0.385. The second-order valence-electron chi connectivity index (χ2n) is 4.86. The lowest BCUT2D eigenvalue weighted by Crippen LogP contribution is -2.40. The van der Waals surface area contributed by atoms with Crippen LogP contribution in [0.4, 0.5) is 5.69 Å². The van der Waals surface area contributed by atoms with E-state index >= 15 is 0 Å². The zero-order valence-electron chi connectivity index (χ0n) is 11.7. The molecule has 0 spiro atoms. The molecule has 2 rings (SSSR count). The molecule has 0 bridgehead atoms. The number of nitrogens with zero attached hydrogens (tertiary/aromatic N) is 2. The summed E-state index contributed by atoms with van der Waals surface area (Å²) in [7, 11) is 1.34. The number of benzene rings is 1. The number of para-hydroxylation sites is 1. The summed E-state index contributed by atoms with van der Waals surface area (Å²) in [5.41, 5.74) is -0.114. The number of ether oxygens (including phenoxy) is 1. The van der Waals surface area contributed by atoms with Crippen molar-refractivity contribution < 1.29 is 19.2 Å². The maximum Gasteiger partial charge on any atom is 0.308 e. The minimum Gasteiger partial charge on any atom is -0.469 e. The highest BCUT2D eigenvalue weighted by molar-refractivity contribution is 5.98. The quantitative estimate of drug-likeness (QED) is 0.479. The molecule has 0 radical (unpaired) electrons. The fourth-order valence-electron chi connectivity index (χ4n) is 2.47. The van der Waals surface area contributed by atoms with Crippen molar-refractivity contribution in [1.82, 2.24) is 4.90 Å². The standard InChI is InChI=1S/C14H16N2O5/c1-21-14(18)10-6-8-15(9-7-10)13(17)11-4-2-3-5-12(11)16(19)20/h2-5,10H,6-9H2,1H3. The van der Waals surface area contributed by atoms with E-state index in [4.69, 9.17) is 0 Å². The van der Waals surface area contributed by atoms with Crippen LogP contribution in [0.5, 0.6) is 0 Å². The minimum atomic E-state index is -0.561. The molecule has 1 aromatic carbocycles. The van der Waals surface area contributed by atoms with Gasteiger partial charge in [0.2, 0.25) is 0 Å². The van der Waals surface area contributed by atoms with E-state index in [0.717, 1.165) is 0 Å². The van der Waals surface area contributed by atoms with Crippen LogP contribution >= 0.6 is 0 Å². The summed E-state index contributed by atoms with van der Waals surface area (Å²) in [6, 6.07) is 5.89. The van der Waals surface area contributed by atoms with Gasteiger partial charge in [0.25, 0.3) is 11.6 Å². The van der Waals surface area contributed by atoms with E-state index in [1.807, 2.05) is 0 Å².